The van der Waals surface area contributed by atoms with Crippen LogP contribution in [0, 0.1) is 12.7 Å². The Morgan fingerprint density at radius 1 is 0.636 bits per heavy atom. The van der Waals surface area contributed by atoms with Crippen LogP contribution in [-0.4, -0.2) is 63.9 Å². The number of benzene rings is 5. The Morgan fingerprint density at radius 3 is 1.76 bits per heavy atom. The van der Waals surface area contributed by atoms with Gasteiger partial charge in [-0.3, -0.25) is 9.58 Å². The van der Waals surface area contributed by atoms with Gasteiger partial charge in [0.2, 0.25) is 0 Å². The molecule has 0 radical (unpaired) electrons. The van der Waals surface area contributed by atoms with Crippen LogP contribution in [0.25, 0.3) is 11.3 Å². The zero-order valence-electron chi connectivity index (χ0n) is 31.3. The Labute approximate surface area is 323 Å². The van der Waals surface area contributed by atoms with Crippen LogP contribution in [-0.2, 0) is 51.9 Å². The minimum atomic E-state index is -0.369. The maximum atomic E-state index is 13.9. The summed E-state index contributed by atoms with van der Waals surface area (Å²) in [4.78, 5) is 2.44. The number of ether oxygens (including phenoxy) is 4. The van der Waals surface area contributed by atoms with Gasteiger partial charge in [-0.1, -0.05) is 127 Å². The van der Waals surface area contributed by atoms with Gasteiger partial charge in [-0.15, -0.1) is 5.10 Å². The SMILES string of the molecule is Cc1cc(-c2cn(CCCN3C[C@H](OCc4ccccc4)[C@@H](OCc4ccccc4)[C@H](OCc4ccccc4)[C@H]3COCc3ccccc3)nn2)ccc1F. The monoisotopic (exact) mass is 740 g/mol. The third-order valence-electron chi connectivity index (χ3n) is 10.1. The average molecular weight is 741 g/mol. The second kappa shape index (κ2) is 19.5. The van der Waals surface area contributed by atoms with E-state index in [0.29, 0.717) is 51.7 Å². The lowest BCUT2D eigenvalue weighted by Crippen LogP contribution is -2.64. The van der Waals surface area contributed by atoms with Gasteiger partial charge in [0.25, 0.3) is 0 Å². The van der Waals surface area contributed by atoms with Gasteiger partial charge in [-0.25, -0.2) is 4.39 Å². The lowest BCUT2D eigenvalue weighted by molar-refractivity contribution is -0.210. The van der Waals surface area contributed by atoms with E-state index in [9.17, 15) is 4.39 Å². The fraction of sp³-hybridized carbons (Fsp3) is 0.304. The molecule has 1 aliphatic rings. The molecule has 0 aliphatic carbocycles. The molecule has 0 saturated carbocycles. The van der Waals surface area contributed by atoms with Crippen molar-refractivity contribution in [2.24, 2.45) is 0 Å². The molecular weight excluding hydrogens is 692 g/mol. The third-order valence-corrected chi connectivity index (χ3v) is 10.1. The zero-order chi connectivity index (χ0) is 37.7. The molecule has 0 unspecified atom stereocenters. The van der Waals surface area contributed by atoms with Crippen molar-refractivity contribution in [3.63, 3.8) is 0 Å². The van der Waals surface area contributed by atoms with E-state index < -0.39 is 0 Å². The van der Waals surface area contributed by atoms with Crippen LogP contribution < -0.4 is 0 Å². The normalized spacial score (nSPS) is 18.7. The lowest BCUT2D eigenvalue weighted by atomic mass is 9.92. The lowest BCUT2D eigenvalue weighted by Gasteiger charge is -2.48. The van der Waals surface area contributed by atoms with Crippen LogP contribution in [0.15, 0.2) is 146 Å². The van der Waals surface area contributed by atoms with E-state index in [0.717, 1.165) is 46.5 Å². The van der Waals surface area contributed by atoms with Gasteiger partial charge >= 0.3 is 0 Å². The Morgan fingerprint density at radius 2 is 1.18 bits per heavy atom. The fourth-order valence-electron chi connectivity index (χ4n) is 7.08. The average Bonchev–Trinajstić information content (AvgIpc) is 3.71. The molecule has 7 rings (SSSR count). The first kappa shape index (κ1) is 38.3. The molecule has 9 heteroatoms. The summed E-state index contributed by atoms with van der Waals surface area (Å²) in [5.41, 5.74) is 6.54. The number of halogens is 1. The van der Waals surface area contributed by atoms with Gasteiger partial charge in [-0.2, -0.15) is 0 Å². The molecule has 0 amide bonds. The number of likely N-dealkylation sites (tertiary alicyclic amines) is 1. The van der Waals surface area contributed by atoms with Gasteiger partial charge in [0.1, 0.15) is 23.7 Å². The van der Waals surface area contributed by atoms with Gasteiger partial charge in [-0.05, 0) is 59.4 Å². The number of rotatable bonds is 18. The molecule has 6 aromatic rings. The van der Waals surface area contributed by atoms with Gasteiger partial charge in [0.15, 0.2) is 0 Å². The van der Waals surface area contributed by atoms with Crippen molar-refractivity contribution in [3.8, 4) is 11.3 Å². The van der Waals surface area contributed by atoms with Gasteiger partial charge in [0.05, 0.1) is 51.4 Å². The van der Waals surface area contributed by atoms with Crippen LogP contribution in [0.1, 0.15) is 34.2 Å². The molecule has 1 fully saturated rings. The van der Waals surface area contributed by atoms with E-state index in [2.05, 4.69) is 63.7 Å². The largest absolute Gasteiger partial charge is 0.375 e. The highest BCUT2D eigenvalue weighted by Gasteiger charge is 2.46. The third kappa shape index (κ3) is 10.8. The summed E-state index contributed by atoms with van der Waals surface area (Å²) in [7, 11) is 0. The summed E-state index contributed by atoms with van der Waals surface area (Å²) >= 11 is 0. The summed E-state index contributed by atoms with van der Waals surface area (Å²) in [6.45, 7) is 6.04. The summed E-state index contributed by atoms with van der Waals surface area (Å²) in [6.07, 6.45) is 1.70. The molecular formula is C46H49FN4O4. The molecule has 5 aromatic carbocycles. The molecule has 1 aromatic heterocycles. The molecule has 2 heterocycles. The second-order valence-corrected chi connectivity index (χ2v) is 14.1. The van der Waals surface area contributed by atoms with Crippen molar-refractivity contribution in [1.82, 2.24) is 19.9 Å². The predicted molar refractivity (Wildman–Crippen MR) is 211 cm³/mol. The molecule has 1 saturated heterocycles. The Kier molecular flexibility index (Phi) is 13.6. The molecule has 0 N–H and O–H groups in total. The van der Waals surface area contributed by atoms with Crippen LogP contribution >= 0.6 is 0 Å². The zero-order valence-corrected chi connectivity index (χ0v) is 31.3. The van der Waals surface area contributed by atoms with E-state index in [1.54, 1.807) is 19.1 Å². The number of aryl methyl sites for hydroxylation is 2. The molecule has 4 atom stereocenters. The van der Waals surface area contributed by atoms with E-state index >= 15 is 0 Å². The quantitative estimate of drug-likeness (QED) is 0.0877. The highest BCUT2D eigenvalue weighted by atomic mass is 19.1. The molecule has 55 heavy (non-hydrogen) atoms. The Balaban J connectivity index is 1.14. The summed E-state index contributed by atoms with van der Waals surface area (Å²) in [5, 5.41) is 8.80. The minimum Gasteiger partial charge on any atom is -0.375 e. The molecule has 8 nitrogen and oxygen atoms in total. The van der Waals surface area contributed by atoms with Crippen LogP contribution in [0.2, 0.25) is 0 Å². The van der Waals surface area contributed by atoms with Crippen molar-refractivity contribution in [2.75, 3.05) is 19.7 Å². The number of nitrogens with zero attached hydrogens (tertiary/aromatic N) is 4. The topological polar surface area (TPSA) is 70.9 Å². The number of piperidine rings is 1. The summed E-state index contributed by atoms with van der Waals surface area (Å²) in [6, 6.07) is 45.9. The number of hydrogen-bond donors (Lipinski definition) is 0. The second-order valence-electron chi connectivity index (χ2n) is 14.1. The highest BCUT2D eigenvalue weighted by molar-refractivity contribution is 5.58. The van der Waals surface area contributed by atoms with Crippen LogP contribution in [0.4, 0.5) is 4.39 Å². The first-order valence-electron chi connectivity index (χ1n) is 19.1. The number of hydrogen-bond acceptors (Lipinski definition) is 7. The van der Waals surface area contributed by atoms with E-state index in [1.807, 2.05) is 83.7 Å². The fourth-order valence-corrected chi connectivity index (χ4v) is 7.08. The summed E-state index contributed by atoms with van der Waals surface area (Å²) in [5.74, 6) is -0.232. The summed E-state index contributed by atoms with van der Waals surface area (Å²) < 4.78 is 42.9. The highest BCUT2D eigenvalue weighted by Crippen LogP contribution is 2.30. The minimum absolute atomic E-state index is 0.127. The molecule has 0 spiro atoms. The predicted octanol–water partition coefficient (Wildman–Crippen LogP) is 8.44. The number of aromatic nitrogens is 3. The Hall–Kier alpha value is -5.03. The van der Waals surface area contributed by atoms with E-state index in [1.165, 1.54) is 6.07 Å². The van der Waals surface area contributed by atoms with Gasteiger partial charge in [0, 0.05) is 25.2 Å². The van der Waals surface area contributed by atoms with E-state index in [4.69, 9.17) is 18.9 Å². The maximum Gasteiger partial charge on any atom is 0.126 e. The van der Waals surface area contributed by atoms with Crippen molar-refractivity contribution in [1.29, 1.82) is 0 Å². The molecule has 1 aliphatic heterocycles. The maximum absolute atomic E-state index is 13.9. The first-order valence-corrected chi connectivity index (χ1v) is 19.1. The van der Waals surface area contributed by atoms with E-state index in [-0.39, 0.29) is 30.2 Å². The van der Waals surface area contributed by atoms with Crippen LogP contribution in [0.5, 0.6) is 0 Å². The Bertz CT molecular complexity index is 2020. The molecule has 0 bridgehead atoms. The standard InChI is InChI=1S/C46H49FN4O4/c1-35-27-40(23-24-41(35)47)42-28-51(49-48-42)26-14-25-50-29-44(53-31-37-17-8-3-9-18-37)46(55-33-39-21-12-5-13-22-39)45(54-32-38-19-10-4-11-20-38)43(50)34-52-30-36-15-6-2-7-16-36/h2-13,15-24,27-28,43-46H,14,25-26,29-34H2,1H3/t43-,44+,45-,46-/m1/s1. The van der Waals surface area contributed by atoms with Gasteiger partial charge < -0.3 is 18.9 Å². The van der Waals surface area contributed by atoms with Crippen molar-refractivity contribution >= 4 is 0 Å². The first-order chi connectivity index (χ1) is 27.1. The van der Waals surface area contributed by atoms with Crippen molar-refractivity contribution in [3.05, 3.63) is 179 Å². The smallest absolute Gasteiger partial charge is 0.126 e. The molecule has 284 valence electrons. The van der Waals surface area contributed by atoms with Crippen molar-refractivity contribution < 1.29 is 23.3 Å². The van der Waals surface area contributed by atoms with Crippen LogP contribution in [0.3, 0.4) is 0 Å². The van der Waals surface area contributed by atoms with Crippen molar-refractivity contribution in [2.45, 2.75) is 70.7 Å².